The summed E-state index contributed by atoms with van der Waals surface area (Å²) in [5.74, 6) is -0.0346. The molecule has 1 atom stereocenters. The summed E-state index contributed by atoms with van der Waals surface area (Å²) < 4.78 is 1.79. The average molecular weight is 270 g/mol. The van der Waals surface area contributed by atoms with Crippen LogP contribution in [0.5, 0.6) is 0 Å². The van der Waals surface area contributed by atoms with Crippen molar-refractivity contribution in [2.75, 3.05) is 18.5 Å². The first-order chi connectivity index (χ1) is 9.70. The molecule has 5 nitrogen and oxygen atoms in total. The van der Waals surface area contributed by atoms with Crippen molar-refractivity contribution >= 4 is 11.6 Å². The normalized spacial score (nSPS) is 17.9. The summed E-state index contributed by atoms with van der Waals surface area (Å²) in [6, 6.07) is 8.36. The van der Waals surface area contributed by atoms with E-state index in [4.69, 9.17) is 0 Å². The van der Waals surface area contributed by atoms with Crippen molar-refractivity contribution in [1.29, 1.82) is 0 Å². The molecule has 2 aromatic rings. The van der Waals surface area contributed by atoms with Gasteiger partial charge in [0, 0.05) is 31.5 Å². The van der Waals surface area contributed by atoms with Gasteiger partial charge in [0.2, 0.25) is 0 Å². The van der Waals surface area contributed by atoms with Gasteiger partial charge in [-0.25, -0.2) is 4.98 Å². The molecule has 1 aliphatic heterocycles. The van der Waals surface area contributed by atoms with Crippen molar-refractivity contribution in [2.24, 2.45) is 7.05 Å². The van der Waals surface area contributed by atoms with Gasteiger partial charge in [-0.1, -0.05) is 18.2 Å². The summed E-state index contributed by atoms with van der Waals surface area (Å²) in [5, 5.41) is 3.31. The van der Waals surface area contributed by atoms with Gasteiger partial charge in [-0.15, -0.1) is 0 Å². The van der Waals surface area contributed by atoms with Gasteiger partial charge in [-0.05, 0) is 25.1 Å². The van der Waals surface area contributed by atoms with E-state index in [1.54, 1.807) is 17.1 Å². The Morgan fingerprint density at radius 3 is 2.90 bits per heavy atom. The van der Waals surface area contributed by atoms with Gasteiger partial charge in [0.25, 0.3) is 5.91 Å². The first-order valence-electron chi connectivity index (χ1n) is 6.76. The Balaban J connectivity index is 1.97. The molecule has 1 N–H and O–H groups in total. The number of aromatic nitrogens is 2. The number of anilines is 1. The van der Waals surface area contributed by atoms with Crippen LogP contribution in [0.2, 0.25) is 0 Å². The van der Waals surface area contributed by atoms with Crippen LogP contribution in [0.3, 0.4) is 0 Å². The van der Waals surface area contributed by atoms with E-state index in [1.807, 2.05) is 37.2 Å². The van der Waals surface area contributed by atoms with Gasteiger partial charge in [0.15, 0.2) is 0 Å². The number of nitrogens with one attached hydrogen (secondary N) is 1. The molecule has 2 heterocycles. The van der Waals surface area contributed by atoms with Crippen molar-refractivity contribution in [3.05, 3.63) is 48.0 Å². The molecule has 0 spiro atoms. The van der Waals surface area contributed by atoms with Gasteiger partial charge >= 0.3 is 0 Å². The van der Waals surface area contributed by atoms with Crippen LogP contribution < -0.4 is 10.2 Å². The van der Waals surface area contributed by atoms with Gasteiger partial charge in [0.05, 0.1) is 6.33 Å². The summed E-state index contributed by atoms with van der Waals surface area (Å²) in [4.78, 5) is 18.6. The molecule has 1 aliphatic rings. The van der Waals surface area contributed by atoms with Crippen LogP contribution in [0.4, 0.5) is 5.69 Å². The molecule has 1 unspecified atom stereocenters. The first-order valence-corrected chi connectivity index (χ1v) is 6.76. The zero-order valence-corrected chi connectivity index (χ0v) is 11.7. The number of benzene rings is 1. The zero-order chi connectivity index (χ0) is 14.1. The number of imidazole rings is 1. The number of rotatable bonds is 2. The average Bonchev–Trinajstić information content (AvgIpc) is 2.92. The molecule has 20 heavy (non-hydrogen) atoms. The van der Waals surface area contributed by atoms with Crippen LogP contribution in [0.1, 0.15) is 28.5 Å². The quantitative estimate of drug-likeness (QED) is 0.904. The highest BCUT2D eigenvalue weighted by molar-refractivity contribution is 6.05. The maximum atomic E-state index is 12.6. The largest absolute Gasteiger partial charge is 0.340 e. The highest BCUT2D eigenvalue weighted by atomic mass is 16.2. The van der Waals surface area contributed by atoms with E-state index >= 15 is 0 Å². The SMILES string of the molecule is CNC1CCN(C(=O)c2cn(C)cn2)c2ccccc21. The number of carbonyl (C=O) groups excluding carboxylic acids is 1. The Morgan fingerprint density at radius 1 is 1.40 bits per heavy atom. The molecular formula is C15H18N4O. The fourth-order valence-electron chi connectivity index (χ4n) is 2.73. The summed E-state index contributed by atoms with van der Waals surface area (Å²) in [5.41, 5.74) is 2.64. The van der Waals surface area contributed by atoms with Crippen molar-refractivity contribution in [2.45, 2.75) is 12.5 Å². The molecule has 0 saturated heterocycles. The van der Waals surface area contributed by atoms with Crippen LogP contribution >= 0.6 is 0 Å². The fraction of sp³-hybridized carbons (Fsp3) is 0.333. The number of fused-ring (bicyclic) bond motifs is 1. The van der Waals surface area contributed by atoms with Crippen molar-refractivity contribution in [3.8, 4) is 0 Å². The standard InChI is InChI=1S/C15H18N4O/c1-16-12-7-8-19(14-6-4-3-5-11(12)14)15(20)13-9-18(2)10-17-13/h3-6,9-10,12,16H,7-8H2,1-2H3. The molecule has 1 aromatic heterocycles. The lowest BCUT2D eigenvalue weighted by Gasteiger charge is -2.33. The van der Waals surface area contributed by atoms with Gasteiger partial charge in [0.1, 0.15) is 5.69 Å². The van der Waals surface area contributed by atoms with Gasteiger partial charge in [-0.3, -0.25) is 4.79 Å². The number of carbonyl (C=O) groups is 1. The molecule has 0 fully saturated rings. The van der Waals surface area contributed by atoms with Crippen LogP contribution in [-0.4, -0.2) is 29.1 Å². The second kappa shape index (κ2) is 5.09. The van der Waals surface area contributed by atoms with E-state index in [1.165, 1.54) is 5.56 Å². The van der Waals surface area contributed by atoms with Crippen LogP contribution in [0.25, 0.3) is 0 Å². The van der Waals surface area contributed by atoms with Gasteiger partial charge in [-0.2, -0.15) is 0 Å². The minimum Gasteiger partial charge on any atom is -0.340 e. The fourth-order valence-corrected chi connectivity index (χ4v) is 2.73. The van der Waals surface area contributed by atoms with Crippen LogP contribution in [0, 0.1) is 0 Å². The molecule has 0 aliphatic carbocycles. The van der Waals surface area contributed by atoms with E-state index in [-0.39, 0.29) is 5.91 Å². The number of hydrogen-bond acceptors (Lipinski definition) is 3. The minimum atomic E-state index is -0.0346. The third-order valence-corrected chi connectivity index (χ3v) is 3.76. The molecule has 5 heteroatoms. The third kappa shape index (κ3) is 2.10. The number of aryl methyl sites for hydroxylation is 1. The predicted molar refractivity (Wildman–Crippen MR) is 77.7 cm³/mol. The maximum absolute atomic E-state index is 12.6. The lowest BCUT2D eigenvalue weighted by Crippen LogP contribution is -2.39. The Kier molecular flexibility index (Phi) is 3.28. The van der Waals surface area contributed by atoms with Crippen molar-refractivity contribution in [1.82, 2.24) is 14.9 Å². The highest BCUT2D eigenvalue weighted by Gasteiger charge is 2.28. The molecule has 1 amide bonds. The highest BCUT2D eigenvalue weighted by Crippen LogP contribution is 2.33. The number of amides is 1. The van der Waals surface area contributed by atoms with E-state index in [9.17, 15) is 4.79 Å². The third-order valence-electron chi connectivity index (χ3n) is 3.76. The smallest absolute Gasteiger partial charge is 0.278 e. The first kappa shape index (κ1) is 12.9. The Bertz CT molecular complexity index is 634. The van der Waals surface area contributed by atoms with Crippen LogP contribution in [-0.2, 0) is 7.05 Å². The molecular weight excluding hydrogens is 252 g/mol. The van der Waals surface area contributed by atoms with Crippen LogP contribution in [0.15, 0.2) is 36.8 Å². The number of hydrogen-bond donors (Lipinski definition) is 1. The predicted octanol–water partition coefficient (Wildman–Crippen LogP) is 1.73. The maximum Gasteiger partial charge on any atom is 0.278 e. The van der Waals surface area contributed by atoms with E-state index in [0.29, 0.717) is 18.3 Å². The van der Waals surface area contributed by atoms with E-state index < -0.39 is 0 Å². The van der Waals surface area contributed by atoms with Crippen molar-refractivity contribution < 1.29 is 4.79 Å². The second-order valence-corrected chi connectivity index (χ2v) is 5.07. The van der Waals surface area contributed by atoms with Gasteiger partial charge < -0.3 is 14.8 Å². The van der Waals surface area contributed by atoms with Crippen molar-refractivity contribution in [3.63, 3.8) is 0 Å². The lowest BCUT2D eigenvalue weighted by atomic mass is 9.96. The molecule has 0 bridgehead atoms. The van der Waals surface area contributed by atoms with E-state index in [0.717, 1.165) is 12.1 Å². The molecule has 0 radical (unpaired) electrons. The summed E-state index contributed by atoms with van der Waals surface area (Å²) in [6.45, 7) is 0.706. The Morgan fingerprint density at radius 2 is 2.20 bits per heavy atom. The minimum absolute atomic E-state index is 0.0346. The lowest BCUT2D eigenvalue weighted by molar-refractivity contribution is 0.0979. The Hall–Kier alpha value is -2.14. The summed E-state index contributed by atoms with van der Waals surface area (Å²) >= 11 is 0. The van der Waals surface area contributed by atoms with E-state index in [2.05, 4.69) is 16.4 Å². The molecule has 3 rings (SSSR count). The number of para-hydroxylation sites is 1. The topological polar surface area (TPSA) is 50.2 Å². The zero-order valence-electron chi connectivity index (χ0n) is 11.7. The number of nitrogens with zero attached hydrogens (tertiary/aromatic N) is 3. The molecule has 0 saturated carbocycles. The Labute approximate surface area is 118 Å². The molecule has 1 aromatic carbocycles. The second-order valence-electron chi connectivity index (χ2n) is 5.07. The monoisotopic (exact) mass is 270 g/mol. The summed E-state index contributed by atoms with van der Waals surface area (Å²) in [7, 11) is 3.82. The summed E-state index contributed by atoms with van der Waals surface area (Å²) in [6.07, 6.45) is 4.32. The molecule has 104 valence electrons.